The van der Waals surface area contributed by atoms with E-state index in [0.717, 1.165) is 11.3 Å². The lowest BCUT2D eigenvalue weighted by atomic mass is 10.2. The Morgan fingerprint density at radius 2 is 1.53 bits per heavy atom. The van der Waals surface area contributed by atoms with Gasteiger partial charge in [0.15, 0.2) is 11.0 Å². The number of carbonyl (C=O) groups is 2. The molecule has 3 aromatic carbocycles. The number of hydrogen-bond donors (Lipinski definition) is 2. The van der Waals surface area contributed by atoms with Crippen LogP contribution in [0.5, 0.6) is 0 Å². The van der Waals surface area contributed by atoms with Crippen LogP contribution in [0.2, 0.25) is 10.0 Å². The monoisotopic (exact) mass is 511 g/mol. The predicted octanol–water partition coefficient (Wildman–Crippen LogP) is 5.93. The fourth-order valence-electron chi connectivity index (χ4n) is 3.17. The van der Waals surface area contributed by atoms with Crippen LogP contribution in [0.25, 0.3) is 17.1 Å². The van der Waals surface area contributed by atoms with E-state index in [-0.39, 0.29) is 17.6 Å². The molecular weight excluding hydrogens is 493 g/mol. The van der Waals surface area contributed by atoms with Gasteiger partial charge in [0, 0.05) is 34.6 Å². The largest absolute Gasteiger partial charge is 0.326 e. The molecule has 1 aromatic heterocycles. The number of nitrogens with zero attached hydrogens (tertiary/aromatic N) is 3. The van der Waals surface area contributed by atoms with E-state index in [9.17, 15) is 9.59 Å². The summed E-state index contributed by atoms with van der Waals surface area (Å²) in [6.07, 6.45) is 0. The van der Waals surface area contributed by atoms with Crippen LogP contribution in [0.4, 0.5) is 11.4 Å². The highest BCUT2D eigenvalue weighted by molar-refractivity contribution is 7.99. The summed E-state index contributed by atoms with van der Waals surface area (Å²) in [7, 11) is 0. The van der Waals surface area contributed by atoms with Gasteiger partial charge in [-0.25, -0.2) is 0 Å². The van der Waals surface area contributed by atoms with Gasteiger partial charge in [0.1, 0.15) is 0 Å². The third kappa shape index (κ3) is 5.77. The Hall–Kier alpha value is -3.33. The Bertz CT molecular complexity index is 1320. The van der Waals surface area contributed by atoms with Gasteiger partial charge in [0.2, 0.25) is 11.8 Å². The standard InChI is InChI=1S/C24H19Cl2N5O2S/c1-15(32)27-17-8-10-18(11-9-17)28-22(33)14-34-24-30-29-23(20-4-2-3-5-21(20)26)31(24)19-12-6-16(25)7-13-19/h2-13H,14H2,1H3,(H,27,32)(H,28,33). The number of halogens is 2. The van der Waals surface area contributed by atoms with Gasteiger partial charge in [-0.1, -0.05) is 47.1 Å². The summed E-state index contributed by atoms with van der Waals surface area (Å²) >= 11 is 13.7. The molecular formula is C24H19Cl2N5O2S. The van der Waals surface area contributed by atoms with Crippen LogP contribution in [0.15, 0.2) is 78.0 Å². The molecule has 4 rings (SSSR count). The SMILES string of the molecule is CC(=O)Nc1ccc(NC(=O)CSc2nnc(-c3ccccc3Cl)n2-c2ccc(Cl)cc2)cc1. The van der Waals surface area contributed by atoms with Crippen molar-refractivity contribution in [3.63, 3.8) is 0 Å². The second-order valence-electron chi connectivity index (χ2n) is 7.19. The molecule has 0 aliphatic heterocycles. The van der Waals surface area contributed by atoms with Crippen LogP contribution in [0.1, 0.15) is 6.92 Å². The Balaban J connectivity index is 1.54. The van der Waals surface area contributed by atoms with E-state index < -0.39 is 0 Å². The average molecular weight is 512 g/mol. The van der Waals surface area contributed by atoms with Crippen molar-refractivity contribution < 1.29 is 9.59 Å². The van der Waals surface area contributed by atoms with Crippen molar-refractivity contribution in [2.24, 2.45) is 0 Å². The van der Waals surface area contributed by atoms with Gasteiger partial charge < -0.3 is 10.6 Å². The van der Waals surface area contributed by atoms with E-state index in [1.807, 2.05) is 34.9 Å². The summed E-state index contributed by atoms with van der Waals surface area (Å²) in [6.45, 7) is 1.44. The summed E-state index contributed by atoms with van der Waals surface area (Å²) in [5, 5.41) is 15.9. The molecule has 1 heterocycles. The minimum Gasteiger partial charge on any atom is -0.326 e. The van der Waals surface area contributed by atoms with Crippen LogP contribution in [0.3, 0.4) is 0 Å². The number of rotatable bonds is 7. The summed E-state index contributed by atoms with van der Waals surface area (Å²) in [5.74, 6) is 0.308. The van der Waals surface area contributed by atoms with E-state index in [2.05, 4.69) is 20.8 Å². The molecule has 0 aliphatic carbocycles. The maximum atomic E-state index is 12.6. The minimum absolute atomic E-state index is 0.113. The zero-order valence-corrected chi connectivity index (χ0v) is 20.3. The van der Waals surface area contributed by atoms with Crippen molar-refractivity contribution in [3.05, 3.63) is 82.8 Å². The van der Waals surface area contributed by atoms with Crippen LogP contribution < -0.4 is 10.6 Å². The smallest absolute Gasteiger partial charge is 0.234 e. The number of benzene rings is 3. The number of amides is 2. The van der Waals surface area contributed by atoms with Crippen molar-refractivity contribution >= 4 is 58.2 Å². The third-order valence-corrected chi connectivity index (χ3v) is 6.16. The van der Waals surface area contributed by atoms with Gasteiger partial charge in [0.05, 0.1) is 10.8 Å². The zero-order valence-electron chi connectivity index (χ0n) is 18.0. The van der Waals surface area contributed by atoms with Gasteiger partial charge in [-0.05, 0) is 60.7 Å². The van der Waals surface area contributed by atoms with Crippen molar-refractivity contribution in [3.8, 4) is 17.1 Å². The Kier molecular flexibility index (Phi) is 7.52. The average Bonchev–Trinajstić information content (AvgIpc) is 3.23. The summed E-state index contributed by atoms with van der Waals surface area (Å²) in [6, 6.07) is 21.5. The number of aromatic nitrogens is 3. The van der Waals surface area contributed by atoms with E-state index in [1.165, 1.54) is 18.7 Å². The molecule has 0 bridgehead atoms. The molecule has 0 atom stereocenters. The first kappa shape index (κ1) is 23.8. The third-order valence-electron chi connectivity index (χ3n) is 4.65. The molecule has 0 saturated heterocycles. The molecule has 10 heteroatoms. The first-order valence-corrected chi connectivity index (χ1v) is 11.9. The Morgan fingerprint density at radius 3 is 2.18 bits per heavy atom. The van der Waals surface area contributed by atoms with E-state index in [1.54, 1.807) is 42.5 Å². The highest BCUT2D eigenvalue weighted by atomic mass is 35.5. The number of nitrogens with one attached hydrogen (secondary N) is 2. The van der Waals surface area contributed by atoms with Crippen molar-refractivity contribution in [2.45, 2.75) is 12.1 Å². The van der Waals surface area contributed by atoms with Crippen LogP contribution in [0, 0.1) is 0 Å². The minimum atomic E-state index is -0.206. The fourth-order valence-corrected chi connectivity index (χ4v) is 4.27. The summed E-state index contributed by atoms with van der Waals surface area (Å²) in [4.78, 5) is 23.7. The second kappa shape index (κ2) is 10.7. The fraction of sp³-hybridized carbons (Fsp3) is 0.0833. The molecule has 0 unspecified atom stereocenters. The lowest BCUT2D eigenvalue weighted by Gasteiger charge is -2.11. The van der Waals surface area contributed by atoms with Crippen LogP contribution >= 0.6 is 35.0 Å². The lowest BCUT2D eigenvalue weighted by Crippen LogP contribution is -2.14. The topological polar surface area (TPSA) is 88.9 Å². The molecule has 0 aliphatic rings. The van der Waals surface area contributed by atoms with E-state index >= 15 is 0 Å². The summed E-state index contributed by atoms with van der Waals surface area (Å²) < 4.78 is 1.84. The van der Waals surface area contributed by atoms with Crippen molar-refractivity contribution in [2.75, 3.05) is 16.4 Å². The molecule has 7 nitrogen and oxygen atoms in total. The number of thioether (sulfide) groups is 1. The molecule has 172 valence electrons. The molecule has 4 aromatic rings. The van der Waals surface area contributed by atoms with Crippen LogP contribution in [-0.2, 0) is 9.59 Å². The van der Waals surface area contributed by atoms with Gasteiger partial charge >= 0.3 is 0 Å². The molecule has 2 N–H and O–H groups in total. The highest BCUT2D eigenvalue weighted by Gasteiger charge is 2.19. The van der Waals surface area contributed by atoms with E-state index in [4.69, 9.17) is 23.2 Å². The van der Waals surface area contributed by atoms with E-state index in [0.29, 0.717) is 32.4 Å². The quantitative estimate of drug-likeness (QED) is 0.300. The molecule has 0 saturated carbocycles. The lowest BCUT2D eigenvalue weighted by molar-refractivity contribution is -0.114. The second-order valence-corrected chi connectivity index (χ2v) is 8.98. The summed E-state index contributed by atoms with van der Waals surface area (Å²) in [5.41, 5.74) is 2.79. The van der Waals surface area contributed by atoms with Gasteiger partial charge in [-0.2, -0.15) is 0 Å². The van der Waals surface area contributed by atoms with Gasteiger partial charge in [-0.3, -0.25) is 14.2 Å². The van der Waals surface area contributed by atoms with Crippen molar-refractivity contribution in [1.82, 2.24) is 14.8 Å². The maximum Gasteiger partial charge on any atom is 0.234 e. The van der Waals surface area contributed by atoms with Gasteiger partial charge in [0.25, 0.3) is 0 Å². The highest BCUT2D eigenvalue weighted by Crippen LogP contribution is 2.32. The molecule has 0 fully saturated rings. The number of hydrogen-bond acceptors (Lipinski definition) is 5. The maximum absolute atomic E-state index is 12.6. The Labute approximate surface area is 210 Å². The molecule has 0 radical (unpaired) electrons. The van der Waals surface area contributed by atoms with Crippen molar-refractivity contribution in [1.29, 1.82) is 0 Å². The zero-order chi connectivity index (χ0) is 24.1. The Morgan fingerprint density at radius 1 is 0.882 bits per heavy atom. The molecule has 34 heavy (non-hydrogen) atoms. The predicted molar refractivity (Wildman–Crippen MR) is 137 cm³/mol. The number of carbonyl (C=O) groups excluding carboxylic acids is 2. The van der Waals surface area contributed by atoms with Gasteiger partial charge in [-0.15, -0.1) is 10.2 Å². The van der Waals surface area contributed by atoms with Crippen LogP contribution in [-0.4, -0.2) is 32.3 Å². The first-order valence-electron chi connectivity index (χ1n) is 10.2. The normalized spacial score (nSPS) is 10.7. The molecule has 2 amide bonds. The molecule has 0 spiro atoms. The number of anilines is 2. The first-order chi connectivity index (χ1) is 16.4.